The van der Waals surface area contributed by atoms with Gasteiger partial charge >= 0.3 is 6.61 Å². The Morgan fingerprint density at radius 1 is 1.34 bits per heavy atom. The molecule has 0 bridgehead atoms. The zero-order valence-corrected chi connectivity index (χ0v) is 19.3. The van der Waals surface area contributed by atoms with Crippen LogP contribution in [-0.4, -0.2) is 45.7 Å². The molecule has 1 aliphatic heterocycles. The lowest BCUT2D eigenvalue weighted by molar-refractivity contribution is -0.144. The number of halogens is 4. The molecule has 182 valence electrons. The summed E-state index contributed by atoms with van der Waals surface area (Å²) in [5.74, 6) is 4.34. The van der Waals surface area contributed by atoms with Gasteiger partial charge in [-0.05, 0) is 37.5 Å². The highest BCUT2D eigenvalue weighted by Gasteiger charge is 2.41. The van der Waals surface area contributed by atoms with Gasteiger partial charge in [0.05, 0.1) is 29.7 Å². The molecule has 0 unspecified atom stereocenters. The van der Waals surface area contributed by atoms with Crippen molar-refractivity contribution in [3.05, 3.63) is 45.6 Å². The van der Waals surface area contributed by atoms with Crippen molar-refractivity contribution in [2.75, 3.05) is 13.1 Å². The normalized spacial score (nSPS) is 16.7. The maximum absolute atomic E-state index is 14.1. The number of thiophene rings is 1. The molecule has 6 nitrogen and oxygen atoms in total. The van der Waals surface area contributed by atoms with Crippen molar-refractivity contribution < 1.29 is 27.1 Å². The Morgan fingerprint density at radius 3 is 2.74 bits per heavy atom. The number of nitrogens with zero attached hydrogens (tertiary/aromatic N) is 3. The predicted molar refractivity (Wildman–Crippen MR) is 122 cm³/mol. The molecule has 2 aromatic heterocycles. The van der Waals surface area contributed by atoms with E-state index in [4.69, 9.17) is 0 Å². The molecule has 0 atom stereocenters. The molecular formula is C24H19F4N3O3S. The number of carbonyl (C=O) groups is 1. The van der Waals surface area contributed by atoms with Crippen LogP contribution >= 0.6 is 11.3 Å². The summed E-state index contributed by atoms with van der Waals surface area (Å²) in [7, 11) is 0. The van der Waals surface area contributed by atoms with E-state index < -0.39 is 35.3 Å². The van der Waals surface area contributed by atoms with Crippen LogP contribution in [-0.2, 0) is 11.3 Å². The number of fused-ring (bicyclic) bond motifs is 1. The first-order valence-corrected chi connectivity index (χ1v) is 11.7. The number of alkyl halides is 3. The third-order valence-electron chi connectivity index (χ3n) is 5.78. The second kappa shape index (κ2) is 8.68. The first-order valence-electron chi connectivity index (χ1n) is 10.9. The van der Waals surface area contributed by atoms with Crippen molar-refractivity contribution in [2.45, 2.75) is 38.6 Å². The fraction of sp³-hybridized carbons (Fsp3) is 0.375. The van der Waals surface area contributed by atoms with E-state index in [0.29, 0.717) is 15.3 Å². The topological polar surface area (TPSA) is 64.4 Å². The molecule has 0 radical (unpaired) electrons. The lowest BCUT2D eigenvalue weighted by atomic mass is 9.99. The van der Waals surface area contributed by atoms with Gasteiger partial charge in [-0.15, -0.1) is 11.3 Å². The third kappa shape index (κ3) is 4.75. The Hall–Kier alpha value is -3.39. The van der Waals surface area contributed by atoms with Gasteiger partial charge in [0, 0.05) is 11.5 Å². The number of rotatable bonds is 5. The molecule has 0 N–H and O–H groups in total. The van der Waals surface area contributed by atoms with Crippen molar-refractivity contribution >= 4 is 27.5 Å². The molecule has 1 aliphatic carbocycles. The molecule has 2 aliphatic rings. The fourth-order valence-corrected chi connectivity index (χ4v) is 4.93. The van der Waals surface area contributed by atoms with Crippen LogP contribution in [0.15, 0.2) is 29.3 Å². The second-order valence-electron chi connectivity index (χ2n) is 8.89. The molecular weight excluding hydrogens is 486 g/mol. The van der Waals surface area contributed by atoms with E-state index >= 15 is 0 Å². The van der Waals surface area contributed by atoms with E-state index in [1.54, 1.807) is 0 Å². The highest BCUT2D eigenvalue weighted by molar-refractivity contribution is 7.19. The zero-order chi connectivity index (χ0) is 24.9. The van der Waals surface area contributed by atoms with Gasteiger partial charge < -0.3 is 9.64 Å². The largest absolute Gasteiger partial charge is 0.432 e. The van der Waals surface area contributed by atoms with Crippen molar-refractivity contribution in [1.29, 1.82) is 0 Å². The fourth-order valence-electron chi connectivity index (χ4n) is 3.91. The minimum atomic E-state index is -3.23. The van der Waals surface area contributed by atoms with Crippen LogP contribution < -0.4 is 10.3 Å². The highest BCUT2D eigenvalue weighted by atomic mass is 32.1. The monoisotopic (exact) mass is 505 g/mol. The van der Waals surface area contributed by atoms with E-state index in [1.807, 2.05) is 0 Å². The van der Waals surface area contributed by atoms with Crippen LogP contribution in [0.2, 0.25) is 0 Å². The number of aromatic nitrogens is 2. The minimum Gasteiger partial charge on any atom is -0.432 e. The summed E-state index contributed by atoms with van der Waals surface area (Å²) in [5.41, 5.74) is -1.42. The minimum absolute atomic E-state index is 0.0522. The van der Waals surface area contributed by atoms with Gasteiger partial charge in [0.15, 0.2) is 11.6 Å². The average molecular weight is 505 g/mol. The van der Waals surface area contributed by atoms with Gasteiger partial charge in [0.1, 0.15) is 17.0 Å². The zero-order valence-electron chi connectivity index (χ0n) is 18.5. The quantitative estimate of drug-likeness (QED) is 0.385. The Kier molecular flexibility index (Phi) is 5.79. The van der Waals surface area contributed by atoms with Gasteiger partial charge in [-0.25, -0.2) is 13.8 Å². The standard InChI is InChI=1S/C24H19F4N3O3S/c1-24(28)10-31(11-24)18(32)9-30-12-29-21-20(22(30)33)19(17(35-21)7-4-13-2-3-13)14-5-6-15(25)16(8-14)34-23(26)27/h5-6,8,12-13,23H,2-3,9-11H2,1H3. The summed E-state index contributed by atoms with van der Waals surface area (Å²) < 4.78 is 58.8. The predicted octanol–water partition coefficient (Wildman–Crippen LogP) is 4.20. The Labute approximate surface area is 201 Å². The van der Waals surface area contributed by atoms with Crippen molar-refractivity contribution in [3.8, 4) is 28.7 Å². The number of amides is 1. The molecule has 1 saturated carbocycles. The maximum Gasteiger partial charge on any atom is 0.387 e. The van der Waals surface area contributed by atoms with Crippen LogP contribution in [0.5, 0.6) is 5.75 Å². The van der Waals surface area contributed by atoms with E-state index in [9.17, 15) is 27.2 Å². The van der Waals surface area contributed by atoms with Crippen LogP contribution in [0.4, 0.5) is 17.6 Å². The first kappa shape index (κ1) is 23.4. The Bertz CT molecular complexity index is 1440. The summed E-state index contributed by atoms with van der Waals surface area (Å²) in [6.07, 6.45) is 3.18. The number of likely N-dealkylation sites (tertiary alicyclic amines) is 1. The summed E-state index contributed by atoms with van der Waals surface area (Å²) in [6, 6.07) is 3.42. The number of carbonyl (C=O) groups excluding carboxylic acids is 1. The smallest absolute Gasteiger partial charge is 0.387 e. The summed E-state index contributed by atoms with van der Waals surface area (Å²) in [5, 5.41) is 0.138. The lowest BCUT2D eigenvalue weighted by Crippen LogP contribution is -2.60. The highest BCUT2D eigenvalue weighted by Crippen LogP contribution is 2.38. The third-order valence-corrected chi connectivity index (χ3v) is 6.79. The van der Waals surface area contributed by atoms with Gasteiger partial charge in [-0.2, -0.15) is 8.78 Å². The molecule has 1 saturated heterocycles. The molecule has 35 heavy (non-hydrogen) atoms. The van der Waals surface area contributed by atoms with Crippen LogP contribution in [0, 0.1) is 23.6 Å². The summed E-state index contributed by atoms with van der Waals surface area (Å²) in [6.45, 7) is -2.27. The Morgan fingerprint density at radius 2 is 2.09 bits per heavy atom. The summed E-state index contributed by atoms with van der Waals surface area (Å²) in [4.78, 5) is 32.4. The number of hydrogen-bond acceptors (Lipinski definition) is 5. The van der Waals surface area contributed by atoms with Gasteiger partial charge in [-0.1, -0.05) is 17.9 Å². The van der Waals surface area contributed by atoms with Gasteiger partial charge in [0.2, 0.25) is 5.91 Å². The number of hydrogen-bond donors (Lipinski definition) is 0. The maximum atomic E-state index is 14.1. The van der Waals surface area contributed by atoms with Crippen molar-refractivity contribution in [2.24, 2.45) is 5.92 Å². The average Bonchev–Trinajstić information content (AvgIpc) is 3.53. The second-order valence-corrected chi connectivity index (χ2v) is 9.89. The lowest BCUT2D eigenvalue weighted by Gasteiger charge is -2.42. The molecule has 2 fully saturated rings. The summed E-state index contributed by atoms with van der Waals surface area (Å²) >= 11 is 1.15. The molecule has 3 heterocycles. The van der Waals surface area contributed by atoms with E-state index in [1.165, 1.54) is 24.2 Å². The van der Waals surface area contributed by atoms with Crippen LogP contribution in [0.1, 0.15) is 24.6 Å². The van der Waals surface area contributed by atoms with Gasteiger partial charge in [-0.3, -0.25) is 14.2 Å². The van der Waals surface area contributed by atoms with Crippen molar-refractivity contribution in [3.63, 3.8) is 0 Å². The molecule has 1 aromatic carbocycles. The molecule has 3 aromatic rings. The SMILES string of the molecule is CC1(F)CN(C(=O)Cn2cnc3sc(C#CC4CC4)c(-c4ccc(F)c(OC(F)F)c4)c3c2=O)C1. The first-order chi connectivity index (χ1) is 16.6. The van der Waals surface area contributed by atoms with Crippen LogP contribution in [0.25, 0.3) is 21.3 Å². The van der Waals surface area contributed by atoms with E-state index in [2.05, 4.69) is 21.6 Å². The van der Waals surface area contributed by atoms with E-state index in [0.717, 1.165) is 40.9 Å². The Balaban J connectivity index is 1.60. The van der Waals surface area contributed by atoms with Gasteiger partial charge in [0.25, 0.3) is 5.56 Å². The molecule has 0 spiro atoms. The molecule has 11 heteroatoms. The molecule has 5 rings (SSSR count). The number of benzene rings is 1. The number of ether oxygens (including phenoxy) is 1. The van der Waals surface area contributed by atoms with E-state index in [-0.39, 0.29) is 36.5 Å². The molecule has 1 amide bonds. The van der Waals surface area contributed by atoms with Crippen molar-refractivity contribution in [1.82, 2.24) is 14.5 Å². The van der Waals surface area contributed by atoms with Crippen LogP contribution in [0.3, 0.4) is 0 Å².